The molecule has 1 fully saturated rings. The lowest BCUT2D eigenvalue weighted by molar-refractivity contribution is 0.0974. The Bertz CT molecular complexity index is 904. The van der Waals surface area contributed by atoms with Gasteiger partial charge in [-0.25, -0.2) is 4.39 Å². The number of methoxy groups -OCH3 is 1. The molecule has 3 rings (SSSR count). The van der Waals surface area contributed by atoms with Crippen molar-refractivity contribution >= 4 is 11.5 Å². The molecule has 1 saturated heterocycles. The summed E-state index contributed by atoms with van der Waals surface area (Å²) in [6.45, 7) is 4.04. The number of carbonyl (C=O) groups excluding carboxylic acids is 1. The van der Waals surface area contributed by atoms with Crippen LogP contribution in [-0.2, 0) is 0 Å². The Balaban J connectivity index is 1.53. The number of hydrogen-bond donors (Lipinski definition) is 0. The molecule has 0 unspecified atom stereocenters. The Morgan fingerprint density at radius 3 is 2.54 bits per heavy atom. The second kappa shape index (κ2) is 8.81. The van der Waals surface area contributed by atoms with E-state index >= 15 is 0 Å². The standard InChI is InChI=1S/C21H25FN2O2/c1-26-21-7-3-2-5-19(21)24-15-13-23(14-16-24)12-4-6-20(25)17-8-10-18(22)11-9-17/h2-3,5,7-11H,4,6,12-16H2,1H3/i8D,9D,10D,11D. The number of ketones is 1. The summed E-state index contributed by atoms with van der Waals surface area (Å²) in [6, 6.07) is 5.08. The number of piperazine rings is 1. The number of Topliss-reactive ketones (excluding diaryl/α,β-unsaturated/α-hetero) is 1. The first-order chi connectivity index (χ1) is 14.3. The third kappa shape index (κ3) is 4.61. The molecule has 0 radical (unpaired) electrons. The summed E-state index contributed by atoms with van der Waals surface area (Å²) in [7, 11) is 1.66. The molecule has 1 aliphatic heterocycles. The smallest absolute Gasteiger partial charge is 0.162 e. The maximum atomic E-state index is 13.6. The second-order valence-corrected chi connectivity index (χ2v) is 6.22. The average Bonchev–Trinajstić information content (AvgIpc) is 2.77. The van der Waals surface area contributed by atoms with Gasteiger partial charge in [0.25, 0.3) is 0 Å². The molecular weight excluding hydrogens is 331 g/mol. The first-order valence-electron chi connectivity index (χ1n) is 10.7. The summed E-state index contributed by atoms with van der Waals surface area (Å²) in [5.74, 6) is -0.870. The van der Waals surface area contributed by atoms with Crippen molar-refractivity contribution in [3.05, 3.63) is 59.8 Å². The number of nitrogens with zero attached hydrogens (tertiary/aromatic N) is 2. The Labute approximate surface area is 159 Å². The van der Waals surface area contributed by atoms with Crippen LogP contribution in [0, 0.1) is 5.82 Å². The first kappa shape index (κ1) is 13.8. The van der Waals surface area contributed by atoms with Gasteiger partial charge in [0.1, 0.15) is 11.6 Å². The zero-order valence-electron chi connectivity index (χ0n) is 18.8. The van der Waals surface area contributed by atoms with Gasteiger partial charge in [-0.1, -0.05) is 12.1 Å². The lowest BCUT2D eigenvalue weighted by atomic mass is 10.1. The van der Waals surface area contributed by atoms with E-state index in [1.54, 1.807) is 7.11 Å². The highest BCUT2D eigenvalue weighted by Crippen LogP contribution is 2.28. The Kier molecular flexibility index (Phi) is 4.66. The Morgan fingerprint density at radius 1 is 1.15 bits per heavy atom. The second-order valence-electron chi connectivity index (χ2n) is 6.22. The molecule has 0 aromatic heterocycles. The van der Waals surface area contributed by atoms with Crippen molar-refractivity contribution in [2.24, 2.45) is 0 Å². The summed E-state index contributed by atoms with van der Waals surface area (Å²) >= 11 is 0. The third-order valence-corrected chi connectivity index (χ3v) is 4.55. The van der Waals surface area contributed by atoms with Crippen molar-refractivity contribution in [3.63, 3.8) is 0 Å². The minimum Gasteiger partial charge on any atom is -0.495 e. The van der Waals surface area contributed by atoms with E-state index in [1.807, 2.05) is 24.3 Å². The Hall–Kier alpha value is -2.40. The summed E-state index contributed by atoms with van der Waals surface area (Å²) in [6.07, 6.45) is 0.624. The molecule has 5 heteroatoms. The predicted octanol–water partition coefficient (Wildman–Crippen LogP) is 3.62. The van der Waals surface area contributed by atoms with Crippen LogP contribution in [0.3, 0.4) is 0 Å². The molecule has 26 heavy (non-hydrogen) atoms. The molecule has 0 amide bonds. The number of benzene rings is 2. The van der Waals surface area contributed by atoms with E-state index < -0.39 is 35.8 Å². The molecule has 1 heterocycles. The number of ether oxygens (including phenoxy) is 1. The van der Waals surface area contributed by atoms with Crippen LogP contribution in [0.5, 0.6) is 5.75 Å². The van der Waals surface area contributed by atoms with Crippen molar-refractivity contribution in [2.75, 3.05) is 44.7 Å². The quantitative estimate of drug-likeness (QED) is 0.706. The zero-order chi connectivity index (χ0) is 21.8. The van der Waals surface area contributed by atoms with Gasteiger partial charge in [-0.05, 0) is 49.3 Å². The minimum absolute atomic E-state index is 0.0923. The van der Waals surface area contributed by atoms with Gasteiger partial charge in [-0.3, -0.25) is 9.69 Å². The molecule has 0 saturated carbocycles. The van der Waals surface area contributed by atoms with E-state index in [2.05, 4.69) is 9.80 Å². The molecule has 0 bridgehead atoms. The number of carbonyl (C=O) groups is 1. The minimum atomic E-state index is -1.23. The highest BCUT2D eigenvalue weighted by Gasteiger charge is 2.19. The van der Waals surface area contributed by atoms with Gasteiger partial charge in [0.15, 0.2) is 5.78 Å². The third-order valence-electron chi connectivity index (χ3n) is 4.55. The number of anilines is 1. The van der Waals surface area contributed by atoms with Gasteiger partial charge >= 0.3 is 0 Å². The van der Waals surface area contributed by atoms with Crippen LogP contribution >= 0.6 is 0 Å². The largest absolute Gasteiger partial charge is 0.495 e. The molecule has 4 nitrogen and oxygen atoms in total. The molecule has 0 atom stereocenters. The van der Waals surface area contributed by atoms with Gasteiger partial charge in [-0.2, -0.15) is 0 Å². The number of para-hydroxylation sites is 2. The fourth-order valence-corrected chi connectivity index (χ4v) is 3.13. The molecule has 0 N–H and O–H groups in total. The summed E-state index contributed by atoms with van der Waals surface area (Å²) in [5, 5.41) is 0. The van der Waals surface area contributed by atoms with Gasteiger partial charge in [0.05, 0.1) is 18.3 Å². The van der Waals surface area contributed by atoms with Crippen LogP contribution in [-0.4, -0.2) is 50.5 Å². The summed E-state index contributed by atoms with van der Waals surface area (Å²) in [4.78, 5) is 17.0. The maximum Gasteiger partial charge on any atom is 0.162 e. The van der Waals surface area contributed by atoms with Crippen LogP contribution in [0.4, 0.5) is 10.1 Å². The van der Waals surface area contributed by atoms with Crippen LogP contribution in [0.15, 0.2) is 48.4 Å². The van der Waals surface area contributed by atoms with Crippen molar-refractivity contribution in [3.8, 4) is 5.75 Å². The van der Waals surface area contributed by atoms with Gasteiger partial charge < -0.3 is 9.64 Å². The lowest BCUT2D eigenvalue weighted by Gasteiger charge is -2.36. The van der Waals surface area contributed by atoms with E-state index in [0.29, 0.717) is 13.0 Å². The van der Waals surface area contributed by atoms with Crippen LogP contribution in [0.25, 0.3) is 0 Å². The van der Waals surface area contributed by atoms with Crippen molar-refractivity contribution < 1.29 is 19.4 Å². The topological polar surface area (TPSA) is 32.8 Å². The number of hydrogen-bond acceptors (Lipinski definition) is 4. The van der Waals surface area contributed by atoms with Crippen molar-refractivity contribution in [2.45, 2.75) is 12.8 Å². The number of halogens is 1. The normalized spacial score (nSPS) is 17.2. The molecule has 0 aliphatic carbocycles. The van der Waals surface area contributed by atoms with E-state index in [9.17, 15) is 9.18 Å². The van der Waals surface area contributed by atoms with Crippen LogP contribution in [0.1, 0.15) is 28.7 Å². The van der Waals surface area contributed by atoms with Crippen molar-refractivity contribution in [1.82, 2.24) is 4.90 Å². The van der Waals surface area contributed by atoms with E-state index in [0.717, 1.165) is 37.6 Å². The van der Waals surface area contributed by atoms with Crippen molar-refractivity contribution in [1.29, 1.82) is 0 Å². The summed E-state index contributed by atoms with van der Waals surface area (Å²) in [5.41, 5.74) is 0.738. The van der Waals surface area contributed by atoms with Crippen LogP contribution in [0.2, 0.25) is 0 Å². The SMILES string of the molecule is [2H]c1c([2H])c(C(=O)CCCN2CCN(c3ccccc3OC)CC2)c([2H])c([2H])c1F. The van der Waals surface area contributed by atoms with Gasteiger partial charge in [0, 0.05) is 38.2 Å². The first-order valence-corrected chi connectivity index (χ1v) is 8.74. The maximum absolute atomic E-state index is 13.6. The highest BCUT2D eigenvalue weighted by molar-refractivity contribution is 5.95. The average molecular weight is 360 g/mol. The fourth-order valence-electron chi connectivity index (χ4n) is 3.13. The monoisotopic (exact) mass is 360 g/mol. The lowest BCUT2D eigenvalue weighted by Crippen LogP contribution is -2.46. The molecule has 2 aromatic carbocycles. The Morgan fingerprint density at radius 2 is 1.85 bits per heavy atom. The highest BCUT2D eigenvalue weighted by atomic mass is 19.1. The molecule has 1 aliphatic rings. The molecular formula is C21H25FN2O2. The van der Waals surface area contributed by atoms with E-state index in [4.69, 9.17) is 10.2 Å². The zero-order valence-corrected chi connectivity index (χ0v) is 14.8. The molecule has 2 aromatic rings. The molecule has 0 spiro atoms. The van der Waals surface area contributed by atoms with Crippen LogP contribution < -0.4 is 9.64 Å². The fraction of sp³-hybridized carbons (Fsp3) is 0.381. The van der Waals surface area contributed by atoms with E-state index in [-0.39, 0.29) is 12.0 Å². The number of rotatable bonds is 7. The van der Waals surface area contributed by atoms with Gasteiger partial charge in [0.2, 0.25) is 0 Å². The van der Waals surface area contributed by atoms with Gasteiger partial charge in [-0.15, -0.1) is 0 Å². The molecule has 138 valence electrons. The summed E-state index contributed by atoms with van der Waals surface area (Å²) < 4.78 is 49.7. The predicted molar refractivity (Wildman–Crippen MR) is 102 cm³/mol. The van der Waals surface area contributed by atoms with E-state index in [1.165, 1.54) is 0 Å².